The Hall–Kier alpha value is -3.83. The van der Waals surface area contributed by atoms with Gasteiger partial charge in [0.2, 0.25) is 5.95 Å². The van der Waals surface area contributed by atoms with Crippen molar-refractivity contribution in [1.29, 1.82) is 0 Å². The summed E-state index contributed by atoms with van der Waals surface area (Å²) in [7, 11) is 2.11. The van der Waals surface area contributed by atoms with Crippen LogP contribution in [-0.4, -0.2) is 79.5 Å². The Morgan fingerprint density at radius 1 is 1.18 bits per heavy atom. The van der Waals surface area contributed by atoms with Crippen molar-refractivity contribution in [2.45, 2.75) is 64.6 Å². The molecule has 0 aliphatic carbocycles. The van der Waals surface area contributed by atoms with Crippen molar-refractivity contribution in [3.05, 3.63) is 47.3 Å². The van der Waals surface area contributed by atoms with Gasteiger partial charge in [0.25, 0.3) is 5.91 Å². The average molecular weight is 546 g/mol. The number of fused-ring (bicyclic) bond motifs is 2. The van der Waals surface area contributed by atoms with E-state index in [0.29, 0.717) is 29.9 Å². The van der Waals surface area contributed by atoms with Gasteiger partial charge in [-0.05, 0) is 70.4 Å². The Bertz CT molecular complexity index is 1490. The highest BCUT2D eigenvalue weighted by atomic mass is 16.3. The summed E-state index contributed by atoms with van der Waals surface area (Å²) in [5.41, 5.74) is 10.6. The molecule has 0 saturated carbocycles. The molecule has 1 atom stereocenters. The largest absolute Gasteiger partial charge is 0.396 e. The minimum absolute atomic E-state index is 0.0426. The second-order valence-electron chi connectivity index (χ2n) is 10.7. The fourth-order valence-electron chi connectivity index (χ4n) is 5.58. The van der Waals surface area contributed by atoms with Crippen LogP contribution < -0.4 is 16.4 Å². The molecule has 1 fully saturated rings. The second-order valence-corrected chi connectivity index (χ2v) is 10.7. The van der Waals surface area contributed by atoms with Crippen molar-refractivity contribution < 1.29 is 9.90 Å². The predicted octanol–water partition coefficient (Wildman–Crippen LogP) is 3.10. The molecule has 1 saturated heterocycles. The lowest BCUT2D eigenvalue weighted by Crippen LogP contribution is -2.43. The van der Waals surface area contributed by atoms with E-state index in [1.165, 1.54) is 0 Å². The van der Waals surface area contributed by atoms with Gasteiger partial charge in [0, 0.05) is 35.8 Å². The highest BCUT2D eigenvalue weighted by Gasteiger charge is 2.22. The summed E-state index contributed by atoms with van der Waals surface area (Å²) < 4.78 is 1.87. The number of aliphatic hydroxyl groups excluding tert-OH is 1. The lowest BCUT2D eigenvalue weighted by Gasteiger charge is -2.29. The number of nitrogens with two attached hydrogens (primary N) is 1. The fraction of sp³-hybridized carbons (Fsp3) is 0.483. The molecule has 0 spiro atoms. The summed E-state index contributed by atoms with van der Waals surface area (Å²) in [4.78, 5) is 29.3. The van der Waals surface area contributed by atoms with Gasteiger partial charge >= 0.3 is 0 Å². The van der Waals surface area contributed by atoms with Gasteiger partial charge in [0.1, 0.15) is 11.0 Å². The van der Waals surface area contributed by atoms with E-state index in [1.54, 1.807) is 6.20 Å². The van der Waals surface area contributed by atoms with Crippen molar-refractivity contribution in [3.8, 4) is 0 Å². The summed E-state index contributed by atoms with van der Waals surface area (Å²) >= 11 is 0. The van der Waals surface area contributed by atoms with E-state index in [9.17, 15) is 9.90 Å². The number of hydrogen-bond acceptors (Lipinski definition) is 9. The van der Waals surface area contributed by atoms with E-state index in [-0.39, 0.29) is 30.5 Å². The van der Waals surface area contributed by atoms with Crippen molar-refractivity contribution in [2.24, 2.45) is 0 Å². The zero-order valence-corrected chi connectivity index (χ0v) is 23.5. The van der Waals surface area contributed by atoms with E-state index < -0.39 is 0 Å². The molecule has 212 valence electrons. The molecule has 0 bridgehead atoms. The Balaban J connectivity index is 1.49. The molecule has 40 heavy (non-hydrogen) atoms. The molecule has 3 aromatic heterocycles. The molecule has 1 aromatic carbocycles. The molecule has 5 N–H and O–H groups in total. The van der Waals surface area contributed by atoms with E-state index in [2.05, 4.69) is 44.5 Å². The number of benzene rings is 1. The smallest absolute Gasteiger partial charge is 0.252 e. The molecule has 11 heteroatoms. The third-order valence-corrected chi connectivity index (χ3v) is 7.70. The molecule has 1 aliphatic rings. The van der Waals surface area contributed by atoms with Gasteiger partial charge in [-0.15, -0.1) is 0 Å². The van der Waals surface area contributed by atoms with Gasteiger partial charge in [-0.2, -0.15) is 10.1 Å². The monoisotopic (exact) mass is 545 g/mol. The Morgan fingerprint density at radius 2 is 1.98 bits per heavy atom. The third-order valence-electron chi connectivity index (χ3n) is 7.70. The predicted molar refractivity (Wildman–Crippen MR) is 157 cm³/mol. The van der Waals surface area contributed by atoms with Crippen LogP contribution in [0.4, 0.5) is 11.8 Å². The number of carbonyl (C=O) groups is 1. The first-order chi connectivity index (χ1) is 19.4. The number of aryl methyl sites for hydroxylation is 1. The van der Waals surface area contributed by atoms with Gasteiger partial charge in [0.05, 0.1) is 17.8 Å². The first kappa shape index (κ1) is 27.7. The van der Waals surface area contributed by atoms with E-state index in [1.807, 2.05) is 35.9 Å². The van der Waals surface area contributed by atoms with Crippen LogP contribution >= 0.6 is 0 Å². The van der Waals surface area contributed by atoms with Crippen LogP contribution in [0.25, 0.3) is 21.9 Å². The number of nitrogens with zero attached hydrogens (tertiary/aromatic N) is 6. The number of rotatable bonds is 10. The number of anilines is 2. The highest BCUT2D eigenvalue weighted by Crippen LogP contribution is 2.28. The maximum absolute atomic E-state index is 13.3. The van der Waals surface area contributed by atoms with Crippen molar-refractivity contribution in [2.75, 3.05) is 37.8 Å². The van der Waals surface area contributed by atoms with Crippen LogP contribution in [0.1, 0.15) is 60.6 Å². The number of nitrogen functional groups attached to an aromatic ring is 1. The molecule has 4 aromatic rings. The van der Waals surface area contributed by atoms with Crippen LogP contribution in [0, 0.1) is 6.92 Å². The second kappa shape index (κ2) is 12.1. The molecule has 1 aliphatic heterocycles. The number of piperidine rings is 1. The number of hydrogen-bond donors (Lipinski definition) is 4. The number of pyridine rings is 1. The highest BCUT2D eigenvalue weighted by molar-refractivity contribution is 6.07. The van der Waals surface area contributed by atoms with E-state index in [4.69, 9.17) is 10.8 Å². The summed E-state index contributed by atoms with van der Waals surface area (Å²) in [6.07, 6.45) is 6.09. The van der Waals surface area contributed by atoms with Gasteiger partial charge in [0.15, 0.2) is 5.82 Å². The number of nitrogens with one attached hydrogen (secondary N) is 2. The molecule has 1 amide bonds. The fourth-order valence-corrected chi connectivity index (χ4v) is 5.58. The molecular formula is C29H39N9O2. The molecule has 0 unspecified atom stereocenters. The minimum Gasteiger partial charge on any atom is -0.396 e. The first-order valence-electron chi connectivity index (χ1n) is 14.1. The van der Waals surface area contributed by atoms with Crippen LogP contribution in [0.3, 0.4) is 0 Å². The standard InChI is InChI=1S/C29H39N9O2/c1-4-6-20(12-16-39)32-27-26-24(34-29(30)35-27)18(2)36-38(26)17-19-8-9-23(22-7-5-13-31-25(19)22)28(40)33-21-10-14-37(3)15-11-21/h5,7-9,13,20-21,39H,4,6,10-12,14-17H2,1-3H3,(H,33,40)(H3,30,32,34,35)/t20-/m0/s1. The summed E-state index contributed by atoms with van der Waals surface area (Å²) in [5, 5.41) is 21.9. The van der Waals surface area contributed by atoms with Crippen LogP contribution in [-0.2, 0) is 6.54 Å². The lowest BCUT2D eigenvalue weighted by atomic mass is 10.0. The number of aromatic nitrogens is 5. The first-order valence-corrected chi connectivity index (χ1v) is 14.1. The van der Waals surface area contributed by atoms with Gasteiger partial charge in [-0.3, -0.25) is 14.5 Å². The minimum atomic E-state index is -0.0688. The van der Waals surface area contributed by atoms with Crippen molar-refractivity contribution >= 4 is 39.6 Å². The number of amides is 1. The lowest BCUT2D eigenvalue weighted by molar-refractivity contribution is 0.0918. The molecular weight excluding hydrogens is 506 g/mol. The third kappa shape index (κ3) is 5.85. The van der Waals surface area contributed by atoms with E-state index in [0.717, 1.165) is 66.4 Å². The van der Waals surface area contributed by atoms with Crippen LogP contribution in [0.15, 0.2) is 30.5 Å². The average Bonchev–Trinajstić information content (AvgIpc) is 3.25. The van der Waals surface area contributed by atoms with Crippen LogP contribution in [0.5, 0.6) is 0 Å². The number of aliphatic hydroxyl groups is 1. The maximum atomic E-state index is 13.3. The van der Waals surface area contributed by atoms with Gasteiger partial charge in [-0.25, -0.2) is 4.98 Å². The Labute approximate surface area is 234 Å². The molecule has 5 rings (SSSR count). The summed E-state index contributed by atoms with van der Waals surface area (Å²) in [6, 6.07) is 7.87. The topological polar surface area (TPSA) is 147 Å². The number of carbonyl (C=O) groups excluding carboxylic acids is 1. The van der Waals surface area contributed by atoms with Crippen molar-refractivity contribution in [3.63, 3.8) is 0 Å². The summed E-state index contributed by atoms with van der Waals surface area (Å²) in [5.74, 6) is 0.700. The zero-order chi connectivity index (χ0) is 28.2. The molecule has 11 nitrogen and oxygen atoms in total. The van der Waals surface area contributed by atoms with Gasteiger partial charge < -0.3 is 26.4 Å². The summed E-state index contributed by atoms with van der Waals surface area (Å²) in [6.45, 7) is 6.47. The normalized spacial score (nSPS) is 15.5. The number of likely N-dealkylation sites (tertiary alicyclic amines) is 1. The SMILES string of the molecule is CCC[C@@H](CCO)Nc1nc(N)nc2c(C)nn(Cc3ccc(C(=O)NC4CCN(C)CC4)c4cccnc34)c12. The quantitative estimate of drug-likeness (QED) is 0.236. The zero-order valence-electron chi connectivity index (χ0n) is 23.5. The Kier molecular flexibility index (Phi) is 8.41. The molecule has 0 radical (unpaired) electrons. The van der Waals surface area contributed by atoms with Crippen molar-refractivity contribution in [1.82, 2.24) is 34.9 Å². The van der Waals surface area contributed by atoms with E-state index >= 15 is 0 Å². The van der Waals surface area contributed by atoms with Gasteiger partial charge in [-0.1, -0.05) is 25.5 Å². The molecule has 4 heterocycles. The Morgan fingerprint density at radius 3 is 2.73 bits per heavy atom. The maximum Gasteiger partial charge on any atom is 0.252 e. The van der Waals surface area contributed by atoms with Crippen LogP contribution in [0.2, 0.25) is 0 Å².